The summed E-state index contributed by atoms with van der Waals surface area (Å²) in [6.45, 7) is 0.815. The molecule has 2 N–H and O–H groups in total. The molecule has 4 rings (SSSR count). The maximum atomic E-state index is 13.9. The van der Waals surface area contributed by atoms with Crippen LogP contribution in [0.25, 0.3) is 0 Å². The van der Waals surface area contributed by atoms with Gasteiger partial charge >= 0.3 is 6.09 Å². The summed E-state index contributed by atoms with van der Waals surface area (Å²) >= 11 is 0. The highest BCUT2D eigenvalue weighted by Crippen LogP contribution is 2.37. The van der Waals surface area contributed by atoms with Crippen molar-refractivity contribution in [2.45, 2.75) is 5.92 Å². The maximum absolute atomic E-state index is 13.9. The highest BCUT2D eigenvalue weighted by molar-refractivity contribution is 7.92. The van der Waals surface area contributed by atoms with E-state index in [1.165, 1.54) is 23.5 Å². The Morgan fingerprint density at radius 2 is 1.73 bits per heavy atom. The molecule has 0 fully saturated rings. The van der Waals surface area contributed by atoms with Gasteiger partial charge in [-0.15, -0.1) is 0 Å². The second-order valence-corrected chi connectivity index (χ2v) is 11.4. The van der Waals surface area contributed by atoms with Crippen LogP contribution in [-0.2, 0) is 19.6 Å². The summed E-state index contributed by atoms with van der Waals surface area (Å²) in [5.74, 6) is -1.67. The van der Waals surface area contributed by atoms with Gasteiger partial charge in [0.2, 0.25) is 15.9 Å². The Kier molecular flexibility index (Phi) is 8.50. The monoisotopic (exact) mass is 567 g/mol. The minimum atomic E-state index is -3.52. The minimum Gasteiger partial charge on any atom is -0.453 e. The number of carbonyl (C=O) groups excluding carboxylic acids is 2. The highest BCUT2D eigenvalue weighted by atomic mass is 32.2. The zero-order chi connectivity index (χ0) is 29.0. The lowest BCUT2D eigenvalue weighted by Crippen LogP contribution is -2.35. The van der Waals surface area contributed by atoms with E-state index < -0.39 is 27.9 Å². The van der Waals surface area contributed by atoms with Crippen LogP contribution in [0, 0.1) is 5.82 Å². The zero-order valence-corrected chi connectivity index (χ0v) is 23.3. The largest absolute Gasteiger partial charge is 0.453 e. The fourth-order valence-electron chi connectivity index (χ4n) is 4.30. The van der Waals surface area contributed by atoms with Crippen LogP contribution in [0.2, 0.25) is 0 Å². The lowest BCUT2D eigenvalue weighted by atomic mass is 9.90. The third kappa shape index (κ3) is 6.64. The number of hydrogen-bond acceptors (Lipinski definition) is 7. The van der Waals surface area contributed by atoms with Crippen LogP contribution in [0.1, 0.15) is 17.0 Å². The summed E-state index contributed by atoms with van der Waals surface area (Å²) in [7, 11) is 1.47. The number of amides is 2. The number of rotatable bonds is 9. The summed E-state index contributed by atoms with van der Waals surface area (Å²) < 4.78 is 44.7. The molecule has 3 aromatic carbocycles. The number of sulfonamides is 1. The number of fused-ring (bicyclic) bond motifs is 1. The summed E-state index contributed by atoms with van der Waals surface area (Å²) in [6, 6.07) is 17.5. The Morgan fingerprint density at radius 1 is 1.05 bits per heavy atom. The fraction of sp³-hybridized carbons (Fsp3) is 0.250. The molecule has 2 amide bonds. The summed E-state index contributed by atoms with van der Waals surface area (Å²) in [5.41, 5.74) is 3.39. The van der Waals surface area contributed by atoms with Gasteiger partial charge in [0.25, 0.3) is 0 Å². The molecule has 0 bridgehead atoms. The Labute approximate surface area is 232 Å². The van der Waals surface area contributed by atoms with Gasteiger partial charge in [0.15, 0.2) is 0 Å². The van der Waals surface area contributed by atoms with Crippen molar-refractivity contribution >= 4 is 50.5 Å². The van der Waals surface area contributed by atoms with Gasteiger partial charge in [0, 0.05) is 24.5 Å². The molecule has 0 spiro atoms. The molecular weight excluding hydrogens is 537 g/mol. The SMILES string of the molecule is COC(=O)Nc1ccc(C(=Nc2ccc(N(CCN(C)C)S(C)(=O)=O)cc2)C2C(=O)Nc3cc(F)ccc32)cc1. The molecule has 0 saturated heterocycles. The second-order valence-electron chi connectivity index (χ2n) is 9.50. The van der Waals surface area contributed by atoms with Crippen LogP contribution < -0.4 is 14.9 Å². The molecule has 40 heavy (non-hydrogen) atoms. The van der Waals surface area contributed by atoms with Crippen molar-refractivity contribution < 1.29 is 27.1 Å². The third-order valence-corrected chi connectivity index (χ3v) is 7.46. The Morgan fingerprint density at radius 3 is 2.33 bits per heavy atom. The molecule has 0 aromatic heterocycles. The van der Waals surface area contributed by atoms with E-state index in [0.29, 0.717) is 46.1 Å². The van der Waals surface area contributed by atoms with Gasteiger partial charge in [-0.1, -0.05) is 18.2 Å². The van der Waals surface area contributed by atoms with Gasteiger partial charge < -0.3 is 15.0 Å². The van der Waals surface area contributed by atoms with E-state index in [4.69, 9.17) is 4.99 Å². The molecule has 1 aliphatic heterocycles. The first-order valence-corrected chi connectivity index (χ1v) is 14.2. The molecule has 1 heterocycles. The smallest absolute Gasteiger partial charge is 0.411 e. The van der Waals surface area contributed by atoms with Gasteiger partial charge in [-0.25, -0.2) is 17.6 Å². The predicted octanol–water partition coefficient (Wildman–Crippen LogP) is 4.19. The van der Waals surface area contributed by atoms with Crippen LogP contribution in [0.4, 0.5) is 31.9 Å². The summed E-state index contributed by atoms with van der Waals surface area (Å²) in [6.07, 6.45) is 0.534. The number of methoxy groups -OCH3 is 1. The van der Waals surface area contributed by atoms with Crippen molar-refractivity contribution in [3.63, 3.8) is 0 Å². The molecule has 3 aromatic rings. The van der Waals surface area contributed by atoms with Crippen molar-refractivity contribution in [2.75, 3.05) is 55.5 Å². The summed E-state index contributed by atoms with van der Waals surface area (Å²) in [4.78, 5) is 31.4. The molecule has 210 valence electrons. The quantitative estimate of drug-likeness (QED) is 0.374. The molecule has 1 aliphatic rings. The number of benzene rings is 3. The first-order chi connectivity index (χ1) is 19.0. The second kappa shape index (κ2) is 11.8. The molecule has 1 unspecified atom stereocenters. The average molecular weight is 568 g/mol. The third-order valence-electron chi connectivity index (χ3n) is 6.27. The van der Waals surface area contributed by atoms with Gasteiger partial charge in [-0.2, -0.15) is 0 Å². The normalized spacial score (nSPS) is 15.0. The number of nitrogens with zero attached hydrogens (tertiary/aromatic N) is 3. The van der Waals surface area contributed by atoms with Crippen molar-refractivity contribution in [1.82, 2.24) is 4.90 Å². The van der Waals surface area contributed by atoms with Gasteiger partial charge in [0.05, 0.1) is 30.5 Å². The number of halogens is 1. The Hall–Kier alpha value is -4.29. The van der Waals surface area contributed by atoms with Crippen LogP contribution in [0.15, 0.2) is 71.7 Å². The van der Waals surface area contributed by atoms with Crippen LogP contribution in [0.5, 0.6) is 0 Å². The van der Waals surface area contributed by atoms with Crippen molar-refractivity contribution in [3.05, 3.63) is 83.7 Å². The van der Waals surface area contributed by atoms with Gasteiger partial charge in [-0.05, 0) is 73.8 Å². The highest BCUT2D eigenvalue weighted by Gasteiger charge is 2.35. The number of anilines is 3. The van der Waals surface area contributed by atoms with Crippen LogP contribution >= 0.6 is 0 Å². The summed E-state index contributed by atoms with van der Waals surface area (Å²) in [5, 5.41) is 5.30. The van der Waals surface area contributed by atoms with E-state index in [-0.39, 0.29) is 12.5 Å². The topological polar surface area (TPSA) is 120 Å². The van der Waals surface area contributed by atoms with Crippen molar-refractivity contribution in [2.24, 2.45) is 4.99 Å². The first-order valence-electron chi connectivity index (χ1n) is 12.3. The predicted molar refractivity (Wildman–Crippen MR) is 154 cm³/mol. The van der Waals surface area contributed by atoms with E-state index in [2.05, 4.69) is 15.4 Å². The van der Waals surface area contributed by atoms with E-state index in [9.17, 15) is 22.4 Å². The number of aliphatic imine (C=N–C) groups is 1. The van der Waals surface area contributed by atoms with E-state index in [0.717, 1.165) is 6.26 Å². The lowest BCUT2D eigenvalue weighted by molar-refractivity contribution is -0.115. The maximum Gasteiger partial charge on any atom is 0.411 e. The van der Waals surface area contributed by atoms with E-state index >= 15 is 0 Å². The minimum absolute atomic E-state index is 0.279. The van der Waals surface area contributed by atoms with E-state index in [1.54, 1.807) is 54.6 Å². The zero-order valence-electron chi connectivity index (χ0n) is 22.5. The lowest BCUT2D eigenvalue weighted by Gasteiger charge is -2.24. The molecule has 10 nitrogen and oxygen atoms in total. The molecule has 1 atom stereocenters. The van der Waals surface area contributed by atoms with Crippen molar-refractivity contribution in [3.8, 4) is 0 Å². The van der Waals surface area contributed by atoms with Crippen LogP contribution in [-0.4, -0.2) is 71.6 Å². The number of hydrogen-bond donors (Lipinski definition) is 2. The Bertz CT molecular complexity index is 1540. The molecule has 12 heteroatoms. The standard InChI is InChI=1S/C28H30FN5O5S/c1-33(2)15-16-34(40(4,37)38)22-12-10-20(11-13-22)30-26(18-5-8-21(9-6-18)31-28(36)39-3)25-23-14-7-19(29)17-24(23)32-27(25)35/h5-14,17,25H,15-16H2,1-4H3,(H,31,36)(H,32,35). The van der Waals surface area contributed by atoms with Crippen LogP contribution in [0.3, 0.4) is 0 Å². The van der Waals surface area contributed by atoms with Crippen molar-refractivity contribution in [1.29, 1.82) is 0 Å². The number of ether oxygens (including phenoxy) is 1. The number of carbonyl (C=O) groups is 2. The molecular formula is C28H30FN5O5S. The fourth-order valence-corrected chi connectivity index (χ4v) is 5.22. The van der Waals surface area contributed by atoms with Gasteiger partial charge in [-0.3, -0.25) is 19.4 Å². The molecule has 0 saturated carbocycles. The Balaban J connectivity index is 1.75. The molecule has 0 radical (unpaired) electrons. The van der Waals surface area contributed by atoms with E-state index in [1.807, 2.05) is 19.0 Å². The average Bonchev–Trinajstić information content (AvgIpc) is 3.22. The van der Waals surface area contributed by atoms with Gasteiger partial charge in [0.1, 0.15) is 11.7 Å². The number of likely N-dealkylation sites (N-methyl/N-ethyl adjacent to an activating group) is 1. The molecule has 0 aliphatic carbocycles. The first kappa shape index (κ1) is 28.7. The number of nitrogens with one attached hydrogen (secondary N) is 2.